The van der Waals surface area contributed by atoms with Gasteiger partial charge in [0.15, 0.2) is 0 Å². The zero-order valence-electron chi connectivity index (χ0n) is 5.90. The number of hydrogen-bond donors (Lipinski definition) is 2. The molecule has 0 amide bonds. The van der Waals surface area contributed by atoms with E-state index in [0.717, 1.165) is 0 Å². The Bertz CT molecular complexity index is 167. The monoisotopic (exact) mass is 139 g/mol. The van der Waals surface area contributed by atoms with Gasteiger partial charge in [-0.1, -0.05) is 12.2 Å². The van der Waals surface area contributed by atoms with Gasteiger partial charge in [0.25, 0.3) is 0 Å². The van der Waals surface area contributed by atoms with Gasteiger partial charge in [0, 0.05) is 18.6 Å². The second-order valence-electron chi connectivity index (χ2n) is 3.37. The van der Waals surface area contributed by atoms with Gasteiger partial charge in [0.05, 0.1) is 0 Å². The standard InChI is InChI=1S/C8H13NO/c9-8-6-2-1-5(3-6)7(8)4-10/h1-2,5-8,10H,3-4,9H2/t5-,6+,7+,8+/m0/s1. The molecule has 0 radical (unpaired) electrons. The zero-order valence-corrected chi connectivity index (χ0v) is 5.90. The average Bonchev–Trinajstić information content (AvgIpc) is 2.46. The van der Waals surface area contributed by atoms with Crippen molar-refractivity contribution in [2.24, 2.45) is 23.5 Å². The Kier molecular flexibility index (Phi) is 1.32. The summed E-state index contributed by atoms with van der Waals surface area (Å²) in [5.41, 5.74) is 5.86. The van der Waals surface area contributed by atoms with Crippen LogP contribution in [0.25, 0.3) is 0 Å². The first kappa shape index (κ1) is 6.38. The Morgan fingerprint density at radius 3 is 2.50 bits per heavy atom. The van der Waals surface area contributed by atoms with Crippen molar-refractivity contribution in [2.75, 3.05) is 6.61 Å². The summed E-state index contributed by atoms with van der Waals surface area (Å²) >= 11 is 0. The summed E-state index contributed by atoms with van der Waals surface area (Å²) in [7, 11) is 0. The molecule has 2 aliphatic carbocycles. The molecule has 2 heteroatoms. The molecule has 0 saturated heterocycles. The maximum Gasteiger partial charge on any atom is 0.0479 e. The molecule has 0 aromatic carbocycles. The third-order valence-electron chi connectivity index (χ3n) is 2.90. The van der Waals surface area contributed by atoms with Crippen LogP contribution >= 0.6 is 0 Å². The van der Waals surface area contributed by atoms with Gasteiger partial charge in [-0.25, -0.2) is 0 Å². The summed E-state index contributed by atoms with van der Waals surface area (Å²) in [5, 5.41) is 8.94. The molecule has 1 fully saturated rings. The number of nitrogens with two attached hydrogens (primary N) is 1. The van der Waals surface area contributed by atoms with Crippen molar-refractivity contribution >= 4 is 0 Å². The van der Waals surface area contributed by atoms with Gasteiger partial charge < -0.3 is 10.8 Å². The second kappa shape index (κ2) is 2.07. The lowest BCUT2D eigenvalue weighted by Crippen LogP contribution is -2.35. The predicted octanol–water partition coefficient (Wildman–Crippen LogP) is 0.128. The third-order valence-corrected chi connectivity index (χ3v) is 2.90. The predicted molar refractivity (Wildman–Crippen MR) is 39.3 cm³/mol. The molecular formula is C8H13NO. The molecule has 3 N–H and O–H groups in total. The van der Waals surface area contributed by atoms with E-state index in [4.69, 9.17) is 10.8 Å². The molecule has 0 aromatic rings. The van der Waals surface area contributed by atoms with E-state index in [9.17, 15) is 0 Å². The largest absolute Gasteiger partial charge is 0.396 e. The van der Waals surface area contributed by atoms with E-state index in [1.54, 1.807) is 0 Å². The minimum absolute atomic E-state index is 0.222. The fourth-order valence-electron chi connectivity index (χ4n) is 2.22. The lowest BCUT2D eigenvalue weighted by atomic mass is 9.90. The molecule has 56 valence electrons. The number of aliphatic hydroxyl groups is 1. The van der Waals surface area contributed by atoms with E-state index in [2.05, 4.69) is 12.2 Å². The van der Waals surface area contributed by atoms with Crippen molar-refractivity contribution in [3.05, 3.63) is 12.2 Å². The highest BCUT2D eigenvalue weighted by molar-refractivity contribution is 5.15. The van der Waals surface area contributed by atoms with Gasteiger partial charge in [-0.3, -0.25) is 0 Å². The quantitative estimate of drug-likeness (QED) is 0.507. The highest BCUT2D eigenvalue weighted by Gasteiger charge is 2.41. The van der Waals surface area contributed by atoms with E-state index >= 15 is 0 Å². The van der Waals surface area contributed by atoms with Crippen molar-refractivity contribution < 1.29 is 5.11 Å². The number of allylic oxidation sites excluding steroid dienone is 1. The van der Waals surface area contributed by atoms with Crippen LogP contribution in [0, 0.1) is 17.8 Å². The fourth-order valence-corrected chi connectivity index (χ4v) is 2.22. The molecular weight excluding hydrogens is 126 g/mol. The van der Waals surface area contributed by atoms with E-state index in [0.29, 0.717) is 17.8 Å². The molecule has 2 bridgehead atoms. The Morgan fingerprint density at radius 2 is 2.10 bits per heavy atom. The summed E-state index contributed by atoms with van der Waals surface area (Å²) in [6.07, 6.45) is 5.57. The van der Waals surface area contributed by atoms with Gasteiger partial charge in [-0.15, -0.1) is 0 Å². The first-order chi connectivity index (χ1) is 4.83. The molecule has 0 unspecified atom stereocenters. The minimum Gasteiger partial charge on any atom is -0.396 e. The lowest BCUT2D eigenvalue weighted by Gasteiger charge is -2.21. The van der Waals surface area contributed by atoms with Crippen LogP contribution in [0.5, 0.6) is 0 Å². The van der Waals surface area contributed by atoms with E-state index in [-0.39, 0.29) is 12.6 Å². The minimum atomic E-state index is 0.222. The van der Waals surface area contributed by atoms with Gasteiger partial charge in [-0.2, -0.15) is 0 Å². The molecule has 2 nitrogen and oxygen atoms in total. The molecule has 1 saturated carbocycles. The Morgan fingerprint density at radius 1 is 1.40 bits per heavy atom. The van der Waals surface area contributed by atoms with E-state index in [1.165, 1.54) is 6.42 Å². The van der Waals surface area contributed by atoms with Crippen LogP contribution in [0.3, 0.4) is 0 Å². The maximum absolute atomic E-state index is 8.94. The number of hydrogen-bond acceptors (Lipinski definition) is 2. The van der Waals surface area contributed by atoms with E-state index in [1.807, 2.05) is 0 Å². The maximum atomic E-state index is 8.94. The second-order valence-corrected chi connectivity index (χ2v) is 3.37. The number of fused-ring (bicyclic) bond motifs is 2. The van der Waals surface area contributed by atoms with Crippen LogP contribution in [0.15, 0.2) is 12.2 Å². The van der Waals surface area contributed by atoms with Crippen molar-refractivity contribution in [1.29, 1.82) is 0 Å². The zero-order chi connectivity index (χ0) is 7.14. The molecule has 10 heavy (non-hydrogen) atoms. The Labute approximate surface area is 60.7 Å². The average molecular weight is 139 g/mol. The molecule has 0 aromatic heterocycles. The van der Waals surface area contributed by atoms with Crippen LogP contribution < -0.4 is 5.73 Å². The van der Waals surface area contributed by atoms with Crippen LogP contribution in [0.2, 0.25) is 0 Å². The molecule has 0 aliphatic heterocycles. The molecule has 0 heterocycles. The van der Waals surface area contributed by atoms with Crippen LogP contribution in [-0.4, -0.2) is 17.8 Å². The molecule has 2 rings (SSSR count). The normalized spacial score (nSPS) is 50.6. The topological polar surface area (TPSA) is 46.2 Å². The third kappa shape index (κ3) is 0.662. The summed E-state index contributed by atoms with van der Waals surface area (Å²) < 4.78 is 0. The summed E-state index contributed by atoms with van der Waals surface area (Å²) in [6, 6.07) is 0.222. The van der Waals surface area contributed by atoms with Gasteiger partial charge in [0.1, 0.15) is 0 Å². The van der Waals surface area contributed by atoms with Gasteiger partial charge >= 0.3 is 0 Å². The summed E-state index contributed by atoms with van der Waals surface area (Å²) in [6.45, 7) is 0.257. The lowest BCUT2D eigenvalue weighted by molar-refractivity contribution is 0.193. The SMILES string of the molecule is N[C@H]1[C@H](CO)[C@H]2C=C[C@@H]1C2. The summed E-state index contributed by atoms with van der Waals surface area (Å²) in [5.74, 6) is 1.47. The molecule has 2 aliphatic rings. The van der Waals surface area contributed by atoms with Crippen LogP contribution in [0.1, 0.15) is 6.42 Å². The molecule has 0 spiro atoms. The van der Waals surface area contributed by atoms with Gasteiger partial charge in [0.2, 0.25) is 0 Å². The Hall–Kier alpha value is -0.340. The van der Waals surface area contributed by atoms with Gasteiger partial charge in [-0.05, 0) is 18.3 Å². The summed E-state index contributed by atoms with van der Waals surface area (Å²) in [4.78, 5) is 0. The first-order valence-electron chi connectivity index (χ1n) is 3.87. The van der Waals surface area contributed by atoms with E-state index < -0.39 is 0 Å². The van der Waals surface area contributed by atoms with Crippen molar-refractivity contribution in [1.82, 2.24) is 0 Å². The van der Waals surface area contributed by atoms with Crippen LogP contribution in [-0.2, 0) is 0 Å². The smallest absolute Gasteiger partial charge is 0.0479 e. The molecule has 4 atom stereocenters. The van der Waals surface area contributed by atoms with Crippen molar-refractivity contribution in [3.63, 3.8) is 0 Å². The highest BCUT2D eigenvalue weighted by Crippen LogP contribution is 2.42. The highest BCUT2D eigenvalue weighted by atomic mass is 16.3. The number of rotatable bonds is 1. The number of aliphatic hydroxyl groups excluding tert-OH is 1. The fraction of sp³-hybridized carbons (Fsp3) is 0.750. The van der Waals surface area contributed by atoms with Crippen molar-refractivity contribution in [2.45, 2.75) is 12.5 Å². The Balaban J connectivity index is 2.18. The van der Waals surface area contributed by atoms with Crippen LogP contribution in [0.4, 0.5) is 0 Å². The van der Waals surface area contributed by atoms with Crippen molar-refractivity contribution in [3.8, 4) is 0 Å². The first-order valence-corrected chi connectivity index (χ1v) is 3.87.